The Kier molecular flexibility index (Phi) is 8.32. The molecule has 28 heavy (non-hydrogen) atoms. The van der Waals surface area contributed by atoms with Gasteiger partial charge < -0.3 is 10.2 Å². The fourth-order valence-electron chi connectivity index (χ4n) is 2.46. The number of nitrogens with zero attached hydrogens (tertiary/aromatic N) is 2. The number of rotatable bonds is 1. The Hall–Kier alpha value is -2.54. The monoisotopic (exact) mass is 432 g/mol. The molecule has 0 saturated heterocycles. The van der Waals surface area contributed by atoms with Gasteiger partial charge in [-0.2, -0.15) is 0 Å². The van der Waals surface area contributed by atoms with Crippen molar-refractivity contribution in [3.63, 3.8) is 0 Å². The normalized spacial score (nSPS) is 9.96. The van der Waals surface area contributed by atoms with Crippen molar-refractivity contribution in [2.24, 2.45) is 0 Å². The third-order valence-corrected chi connectivity index (χ3v) is 4.54. The Labute approximate surface area is 175 Å². The number of fused-ring (bicyclic) bond motifs is 2. The number of aromatic hydroxyl groups is 2. The Morgan fingerprint density at radius 1 is 0.750 bits per heavy atom. The first-order chi connectivity index (χ1) is 13.5. The zero-order chi connectivity index (χ0) is 20.5. The SMILES string of the molecule is CC[O][Ga].Cc1ccc2cccc(O)c2n1.Cc1ccc2cccc(O)c2n1. The second-order valence-corrected chi connectivity index (χ2v) is 6.76. The van der Waals surface area contributed by atoms with Crippen LogP contribution in [0.15, 0.2) is 60.7 Å². The molecule has 0 aliphatic rings. The number of para-hydroxylation sites is 2. The molecule has 0 saturated carbocycles. The average Bonchev–Trinajstić information content (AvgIpc) is 2.70. The maximum absolute atomic E-state index is 9.43. The van der Waals surface area contributed by atoms with Gasteiger partial charge in [-0.05, 0) is 38.1 Å². The van der Waals surface area contributed by atoms with Crippen molar-refractivity contribution in [2.75, 3.05) is 6.61 Å². The fourth-order valence-corrected chi connectivity index (χ4v) is 2.46. The number of benzene rings is 2. The first-order valence-electron chi connectivity index (χ1n) is 8.88. The van der Waals surface area contributed by atoms with E-state index >= 15 is 0 Å². The molecule has 4 aromatic rings. The fraction of sp³-hybridized carbons (Fsp3) is 0.182. The van der Waals surface area contributed by atoms with Gasteiger partial charge in [-0.25, -0.2) is 9.97 Å². The van der Waals surface area contributed by atoms with E-state index in [0.717, 1.165) is 28.8 Å². The van der Waals surface area contributed by atoms with E-state index < -0.39 is 0 Å². The standard InChI is InChI=1S/2C10H9NO.C2H5O.Ga/c2*1-7-5-6-8-3-2-4-9(12)10(8)11-7;1-2-3;/h2*2-6,12H,1H3;2H2,1H3;/q;;-1;+1. The van der Waals surface area contributed by atoms with Crippen molar-refractivity contribution < 1.29 is 13.7 Å². The molecular weight excluding hydrogens is 410 g/mol. The van der Waals surface area contributed by atoms with Crippen molar-refractivity contribution in [1.29, 1.82) is 0 Å². The van der Waals surface area contributed by atoms with Gasteiger partial charge in [0.25, 0.3) is 0 Å². The maximum Gasteiger partial charge on any atom is 0.141 e. The van der Waals surface area contributed by atoms with Gasteiger partial charge >= 0.3 is 36.0 Å². The zero-order valence-electron chi connectivity index (χ0n) is 16.3. The second kappa shape index (κ2) is 10.7. The molecule has 2 aromatic heterocycles. The number of phenols is 2. The maximum atomic E-state index is 9.43. The molecule has 4 rings (SSSR count). The molecule has 6 heteroatoms. The second-order valence-electron chi connectivity index (χ2n) is 6.06. The molecule has 2 heterocycles. The molecule has 142 valence electrons. The summed E-state index contributed by atoms with van der Waals surface area (Å²) in [5.74, 6) is 0.493. The predicted molar refractivity (Wildman–Crippen MR) is 114 cm³/mol. The summed E-state index contributed by atoms with van der Waals surface area (Å²) in [7, 11) is 0. The van der Waals surface area contributed by atoms with Gasteiger partial charge in [0.15, 0.2) is 0 Å². The minimum absolute atomic E-state index is 0.246. The largest absolute Gasteiger partial charge is 0.506 e. The number of aromatic nitrogens is 2. The topological polar surface area (TPSA) is 75.5 Å². The first kappa shape index (κ1) is 21.8. The van der Waals surface area contributed by atoms with Crippen LogP contribution in [0.25, 0.3) is 21.8 Å². The molecule has 0 aliphatic heterocycles. The van der Waals surface area contributed by atoms with Gasteiger partial charge in [0.2, 0.25) is 0 Å². The number of hydrogen-bond acceptors (Lipinski definition) is 5. The zero-order valence-corrected chi connectivity index (χ0v) is 18.7. The van der Waals surface area contributed by atoms with E-state index in [2.05, 4.69) is 13.5 Å². The minimum atomic E-state index is 0.246. The molecule has 0 amide bonds. The van der Waals surface area contributed by atoms with Gasteiger partial charge in [-0.15, -0.1) is 0 Å². The van der Waals surface area contributed by atoms with Gasteiger partial charge in [0.05, 0.1) is 0 Å². The first-order valence-corrected chi connectivity index (χ1v) is 9.87. The smallest absolute Gasteiger partial charge is 0.141 e. The summed E-state index contributed by atoms with van der Waals surface area (Å²) >= 11 is 1.32. The third-order valence-electron chi connectivity index (χ3n) is 3.84. The van der Waals surface area contributed by atoms with Crippen LogP contribution in [0.2, 0.25) is 0 Å². The van der Waals surface area contributed by atoms with Crippen LogP contribution in [0.4, 0.5) is 0 Å². The summed E-state index contributed by atoms with van der Waals surface area (Å²) in [6.45, 7) is 6.64. The summed E-state index contributed by atoms with van der Waals surface area (Å²) in [4.78, 5) is 8.45. The summed E-state index contributed by atoms with van der Waals surface area (Å²) in [5.41, 5.74) is 3.20. The third kappa shape index (κ3) is 5.99. The Bertz CT molecular complexity index is 969. The van der Waals surface area contributed by atoms with E-state index in [1.807, 2.05) is 69.3 Å². The van der Waals surface area contributed by atoms with Crippen LogP contribution in [-0.2, 0) is 3.53 Å². The molecule has 2 aromatic carbocycles. The van der Waals surface area contributed by atoms with Crippen LogP contribution in [0, 0.1) is 13.8 Å². The number of pyridine rings is 2. The Morgan fingerprint density at radius 3 is 1.50 bits per heavy atom. The van der Waals surface area contributed by atoms with E-state index in [-0.39, 0.29) is 11.5 Å². The van der Waals surface area contributed by atoms with E-state index in [1.54, 1.807) is 12.1 Å². The van der Waals surface area contributed by atoms with E-state index in [1.165, 1.54) is 19.0 Å². The van der Waals surface area contributed by atoms with Crippen molar-refractivity contribution in [3.05, 3.63) is 72.1 Å². The molecule has 2 N–H and O–H groups in total. The minimum Gasteiger partial charge on any atom is -0.506 e. The van der Waals surface area contributed by atoms with Crippen LogP contribution in [0.3, 0.4) is 0 Å². The summed E-state index contributed by atoms with van der Waals surface area (Å²) in [6.07, 6.45) is 0. The molecule has 0 bridgehead atoms. The Morgan fingerprint density at radius 2 is 1.14 bits per heavy atom. The molecule has 2 radical (unpaired) electrons. The van der Waals surface area contributed by atoms with E-state index in [4.69, 9.17) is 0 Å². The van der Waals surface area contributed by atoms with Gasteiger partial charge in [-0.1, -0.05) is 36.4 Å². The molecule has 0 aliphatic carbocycles. The van der Waals surface area contributed by atoms with Crippen LogP contribution in [-0.4, -0.2) is 45.8 Å². The van der Waals surface area contributed by atoms with Crippen LogP contribution in [0.5, 0.6) is 11.5 Å². The molecule has 0 spiro atoms. The van der Waals surface area contributed by atoms with Crippen molar-refractivity contribution >= 4 is 40.8 Å². The van der Waals surface area contributed by atoms with Crippen LogP contribution < -0.4 is 0 Å². The summed E-state index contributed by atoms with van der Waals surface area (Å²) < 4.78 is 4.60. The summed E-state index contributed by atoms with van der Waals surface area (Å²) in [6, 6.07) is 18.6. The van der Waals surface area contributed by atoms with Crippen molar-refractivity contribution in [1.82, 2.24) is 9.97 Å². The number of phenolic OH excluding ortho intramolecular Hbond substituents is 2. The molecule has 0 fully saturated rings. The molecular formula is C22H23GaN2O3. The van der Waals surface area contributed by atoms with Crippen LogP contribution >= 0.6 is 0 Å². The van der Waals surface area contributed by atoms with Crippen LogP contribution in [0.1, 0.15) is 18.3 Å². The van der Waals surface area contributed by atoms with Gasteiger partial charge in [0, 0.05) is 22.2 Å². The molecule has 0 unspecified atom stereocenters. The predicted octanol–water partition coefficient (Wildman–Crippen LogP) is 4.60. The van der Waals surface area contributed by atoms with Gasteiger partial charge in [-0.3, -0.25) is 0 Å². The average molecular weight is 433 g/mol. The Balaban J connectivity index is 0.000000169. The molecule has 0 atom stereocenters. The number of hydrogen-bond donors (Lipinski definition) is 2. The van der Waals surface area contributed by atoms with E-state index in [0.29, 0.717) is 11.0 Å². The van der Waals surface area contributed by atoms with Crippen molar-refractivity contribution in [2.45, 2.75) is 20.8 Å². The quantitative estimate of drug-likeness (QED) is 0.429. The van der Waals surface area contributed by atoms with E-state index in [9.17, 15) is 10.2 Å². The molecule has 5 nitrogen and oxygen atoms in total. The van der Waals surface area contributed by atoms with Crippen molar-refractivity contribution in [3.8, 4) is 11.5 Å². The van der Waals surface area contributed by atoms with Gasteiger partial charge in [0.1, 0.15) is 22.5 Å². The number of aryl methyl sites for hydroxylation is 2. The summed E-state index contributed by atoms with van der Waals surface area (Å²) in [5, 5.41) is 20.8.